The molecule has 1 N–H and O–H groups in total. The number of nitrogens with zero attached hydrogens (tertiary/aromatic N) is 2. The van der Waals surface area contributed by atoms with E-state index in [0.717, 1.165) is 6.07 Å². The molecule has 0 fully saturated rings. The van der Waals surface area contributed by atoms with Crippen molar-refractivity contribution in [3.63, 3.8) is 0 Å². The lowest BCUT2D eigenvalue weighted by Crippen LogP contribution is -2.37. The highest BCUT2D eigenvalue weighted by molar-refractivity contribution is 7.89. The number of non-ortho nitro benzene ring substituents is 1. The Morgan fingerprint density at radius 2 is 2.00 bits per heavy atom. The SMILES string of the molecule is Cc1ccc([N+](=O)[O-])cc1S(=O)(=O)NC(C#N)C(C)C. The van der Waals surface area contributed by atoms with E-state index in [0.29, 0.717) is 5.56 Å². The summed E-state index contributed by atoms with van der Waals surface area (Å²) in [7, 11) is -3.98. The quantitative estimate of drug-likeness (QED) is 0.656. The minimum Gasteiger partial charge on any atom is -0.258 e. The van der Waals surface area contributed by atoms with Crippen LogP contribution in [0.25, 0.3) is 0 Å². The number of sulfonamides is 1. The van der Waals surface area contributed by atoms with Crippen LogP contribution in [0.5, 0.6) is 0 Å². The first-order chi connectivity index (χ1) is 9.19. The highest BCUT2D eigenvalue weighted by Gasteiger charge is 2.25. The van der Waals surface area contributed by atoms with Crippen LogP contribution in [0.2, 0.25) is 0 Å². The first-order valence-electron chi connectivity index (χ1n) is 5.86. The number of nitro groups is 1. The van der Waals surface area contributed by atoms with E-state index < -0.39 is 21.0 Å². The summed E-state index contributed by atoms with van der Waals surface area (Å²) in [4.78, 5) is 9.86. The molecule has 0 bridgehead atoms. The third-order valence-electron chi connectivity index (χ3n) is 2.76. The molecule has 0 aliphatic rings. The Bertz CT molecular complexity index is 662. The zero-order chi connectivity index (χ0) is 15.5. The minimum atomic E-state index is -3.98. The predicted octanol–water partition coefficient (Wildman–Crippen LogP) is 1.73. The molecule has 0 saturated heterocycles. The van der Waals surface area contributed by atoms with Gasteiger partial charge in [0.15, 0.2) is 0 Å². The third kappa shape index (κ3) is 3.53. The van der Waals surface area contributed by atoms with Crippen LogP contribution in [-0.2, 0) is 10.0 Å². The van der Waals surface area contributed by atoms with Crippen LogP contribution in [0.15, 0.2) is 23.1 Å². The van der Waals surface area contributed by atoms with Crippen LogP contribution in [0.4, 0.5) is 5.69 Å². The maximum Gasteiger partial charge on any atom is 0.270 e. The van der Waals surface area contributed by atoms with Gasteiger partial charge in [-0.15, -0.1) is 0 Å². The number of nitrogens with one attached hydrogen (secondary N) is 1. The smallest absolute Gasteiger partial charge is 0.258 e. The fourth-order valence-corrected chi connectivity index (χ4v) is 3.09. The van der Waals surface area contributed by atoms with E-state index in [1.807, 2.05) is 6.07 Å². The molecule has 0 aliphatic carbocycles. The van der Waals surface area contributed by atoms with Crippen molar-refractivity contribution in [1.82, 2.24) is 4.72 Å². The fourth-order valence-electron chi connectivity index (χ4n) is 1.53. The number of nitro benzene ring substituents is 1. The first kappa shape index (κ1) is 16.1. The van der Waals surface area contributed by atoms with E-state index in [4.69, 9.17) is 5.26 Å². The molecule has 0 amide bonds. The van der Waals surface area contributed by atoms with Gasteiger partial charge in [0, 0.05) is 12.1 Å². The van der Waals surface area contributed by atoms with Crippen molar-refractivity contribution in [2.45, 2.75) is 31.7 Å². The zero-order valence-electron chi connectivity index (χ0n) is 11.3. The summed E-state index contributed by atoms with van der Waals surface area (Å²) in [5.41, 5.74) is 0.0672. The van der Waals surface area contributed by atoms with Gasteiger partial charge >= 0.3 is 0 Å². The second-order valence-electron chi connectivity index (χ2n) is 4.68. The second kappa shape index (κ2) is 5.98. The molecule has 20 heavy (non-hydrogen) atoms. The standard InChI is InChI=1S/C12H15N3O4S/c1-8(2)11(7-13)14-20(18,19)12-6-10(15(16)17)5-4-9(12)3/h4-6,8,11,14H,1-3H3. The van der Waals surface area contributed by atoms with Crippen LogP contribution in [-0.4, -0.2) is 19.4 Å². The fraction of sp³-hybridized carbons (Fsp3) is 0.417. The number of rotatable bonds is 5. The van der Waals surface area contributed by atoms with Gasteiger partial charge in [0.05, 0.1) is 15.9 Å². The molecule has 8 heteroatoms. The Kier molecular flexibility index (Phi) is 4.81. The van der Waals surface area contributed by atoms with Gasteiger partial charge in [-0.1, -0.05) is 19.9 Å². The van der Waals surface area contributed by atoms with E-state index in [1.165, 1.54) is 19.1 Å². The molecule has 0 aliphatic heterocycles. The molecule has 0 radical (unpaired) electrons. The predicted molar refractivity (Wildman–Crippen MR) is 72.4 cm³/mol. The Hall–Kier alpha value is -1.98. The second-order valence-corrected chi connectivity index (χ2v) is 6.36. The molecule has 0 heterocycles. The Labute approximate surface area is 117 Å². The van der Waals surface area contributed by atoms with Crippen LogP contribution >= 0.6 is 0 Å². The van der Waals surface area contributed by atoms with Crippen LogP contribution in [0, 0.1) is 34.3 Å². The molecule has 1 rings (SSSR count). The van der Waals surface area contributed by atoms with Gasteiger partial charge in [-0.25, -0.2) is 8.42 Å². The largest absolute Gasteiger partial charge is 0.270 e. The van der Waals surface area contributed by atoms with Crippen molar-refractivity contribution in [2.75, 3.05) is 0 Å². The highest BCUT2D eigenvalue weighted by Crippen LogP contribution is 2.22. The molecule has 1 aromatic rings. The number of hydrogen-bond donors (Lipinski definition) is 1. The molecule has 1 atom stereocenters. The zero-order valence-corrected chi connectivity index (χ0v) is 12.1. The Morgan fingerprint density at radius 3 is 2.45 bits per heavy atom. The van der Waals surface area contributed by atoms with Crippen molar-refractivity contribution >= 4 is 15.7 Å². The average molecular weight is 297 g/mol. The number of hydrogen-bond acceptors (Lipinski definition) is 5. The summed E-state index contributed by atoms with van der Waals surface area (Å²) in [6.07, 6.45) is 0. The van der Waals surface area contributed by atoms with E-state index in [1.54, 1.807) is 13.8 Å². The number of nitriles is 1. The van der Waals surface area contributed by atoms with Crippen molar-refractivity contribution in [3.8, 4) is 6.07 Å². The van der Waals surface area contributed by atoms with Gasteiger partial charge in [0.25, 0.3) is 5.69 Å². The highest BCUT2D eigenvalue weighted by atomic mass is 32.2. The molecule has 1 unspecified atom stereocenters. The minimum absolute atomic E-state index is 0.187. The molecule has 108 valence electrons. The summed E-state index contributed by atoms with van der Waals surface area (Å²) in [5, 5.41) is 19.6. The maximum atomic E-state index is 12.2. The lowest BCUT2D eigenvalue weighted by atomic mass is 10.1. The van der Waals surface area contributed by atoms with E-state index in [-0.39, 0.29) is 16.5 Å². The van der Waals surface area contributed by atoms with Gasteiger partial charge < -0.3 is 0 Å². The lowest BCUT2D eigenvalue weighted by molar-refractivity contribution is -0.385. The van der Waals surface area contributed by atoms with Crippen LogP contribution in [0.3, 0.4) is 0 Å². The lowest BCUT2D eigenvalue weighted by Gasteiger charge is -2.16. The topological polar surface area (TPSA) is 113 Å². The molecular weight excluding hydrogens is 282 g/mol. The van der Waals surface area contributed by atoms with Crippen molar-refractivity contribution in [2.24, 2.45) is 5.92 Å². The molecule has 1 aromatic carbocycles. The summed E-state index contributed by atoms with van der Waals surface area (Å²) in [5.74, 6) is -0.214. The van der Waals surface area contributed by atoms with Gasteiger partial charge in [0.2, 0.25) is 10.0 Å². The van der Waals surface area contributed by atoms with Crippen molar-refractivity contribution in [1.29, 1.82) is 5.26 Å². The summed E-state index contributed by atoms with van der Waals surface area (Å²) in [6, 6.07) is 4.56. The first-order valence-corrected chi connectivity index (χ1v) is 7.34. The van der Waals surface area contributed by atoms with Crippen LogP contribution in [0.1, 0.15) is 19.4 Å². The molecule has 0 aromatic heterocycles. The molecule has 0 spiro atoms. The van der Waals surface area contributed by atoms with Crippen molar-refractivity contribution in [3.05, 3.63) is 33.9 Å². The average Bonchev–Trinajstić information content (AvgIpc) is 2.35. The van der Waals surface area contributed by atoms with Gasteiger partial charge in [-0.05, 0) is 18.4 Å². The molecular formula is C12H15N3O4S. The number of aryl methyl sites for hydroxylation is 1. The number of benzene rings is 1. The summed E-state index contributed by atoms with van der Waals surface area (Å²) < 4.78 is 26.7. The van der Waals surface area contributed by atoms with Crippen molar-refractivity contribution < 1.29 is 13.3 Å². The van der Waals surface area contributed by atoms with E-state index >= 15 is 0 Å². The molecule has 7 nitrogen and oxygen atoms in total. The van der Waals surface area contributed by atoms with E-state index in [2.05, 4.69) is 4.72 Å². The maximum absolute atomic E-state index is 12.2. The van der Waals surface area contributed by atoms with Gasteiger partial charge in [0.1, 0.15) is 6.04 Å². The summed E-state index contributed by atoms with van der Waals surface area (Å²) in [6.45, 7) is 4.95. The Balaban J connectivity index is 3.25. The van der Waals surface area contributed by atoms with E-state index in [9.17, 15) is 18.5 Å². The molecule has 0 saturated carbocycles. The van der Waals surface area contributed by atoms with Gasteiger partial charge in [-0.2, -0.15) is 9.98 Å². The summed E-state index contributed by atoms with van der Waals surface area (Å²) >= 11 is 0. The normalized spacial score (nSPS) is 12.9. The van der Waals surface area contributed by atoms with Crippen LogP contribution < -0.4 is 4.72 Å². The third-order valence-corrected chi connectivity index (χ3v) is 4.34. The van der Waals surface area contributed by atoms with Gasteiger partial charge in [-0.3, -0.25) is 10.1 Å². The Morgan fingerprint density at radius 1 is 1.40 bits per heavy atom. The monoisotopic (exact) mass is 297 g/mol.